The number of aromatic nitrogens is 1. The average Bonchev–Trinajstić information content (AvgIpc) is 2.59. The summed E-state index contributed by atoms with van der Waals surface area (Å²) >= 11 is 9.48. The van der Waals surface area contributed by atoms with Gasteiger partial charge in [-0.3, -0.25) is 4.79 Å². The summed E-state index contributed by atoms with van der Waals surface area (Å²) < 4.78 is 0.978. The van der Waals surface area contributed by atoms with Crippen LogP contribution in [0, 0.1) is 0 Å². The molecule has 0 aliphatic heterocycles. The number of nitrogens with one attached hydrogen (secondary N) is 2. The van der Waals surface area contributed by atoms with Crippen LogP contribution in [0.4, 0.5) is 17.2 Å². The summed E-state index contributed by atoms with van der Waals surface area (Å²) in [5.41, 5.74) is 1.83. The summed E-state index contributed by atoms with van der Waals surface area (Å²) in [6, 6.07) is 18.1. The minimum Gasteiger partial charge on any atom is -0.340 e. The topological polar surface area (TPSA) is 54.0 Å². The molecule has 2 N–H and O–H groups in total. The van der Waals surface area contributed by atoms with Gasteiger partial charge in [-0.2, -0.15) is 0 Å². The largest absolute Gasteiger partial charge is 0.340 e. The van der Waals surface area contributed by atoms with Crippen molar-refractivity contribution in [1.29, 1.82) is 0 Å². The van der Waals surface area contributed by atoms with Gasteiger partial charge >= 0.3 is 0 Å². The van der Waals surface area contributed by atoms with E-state index in [2.05, 4.69) is 31.5 Å². The average molecular weight is 403 g/mol. The quantitative estimate of drug-likeness (QED) is 0.606. The molecule has 1 aromatic heterocycles. The maximum atomic E-state index is 12.6. The molecule has 0 bridgehead atoms. The summed E-state index contributed by atoms with van der Waals surface area (Å²) in [5, 5.41) is 6.44. The number of carbonyl (C=O) groups excluding carboxylic acids is 1. The predicted molar refractivity (Wildman–Crippen MR) is 101 cm³/mol. The molecule has 0 spiro atoms. The molecule has 0 saturated heterocycles. The van der Waals surface area contributed by atoms with E-state index in [1.165, 1.54) is 0 Å². The van der Waals surface area contributed by atoms with Gasteiger partial charge in [0.25, 0.3) is 5.91 Å². The van der Waals surface area contributed by atoms with E-state index in [4.69, 9.17) is 11.6 Å². The lowest BCUT2D eigenvalue weighted by molar-refractivity contribution is 0.102. The maximum Gasteiger partial charge on any atom is 0.259 e. The Hall–Kier alpha value is -2.37. The zero-order chi connectivity index (χ0) is 16.9. The van der Waals surface area contributed by atoms with Crippen LogP contribution >= 0.6 is 27.5 Å². The van der Waals surface area contributed by atoms with Gasteiger partial charge in [-0.25, -0.2) is 4.98 Å². The molecule has 6 heteroatoms. The van der Waals surface area contributed by atoms with Gasteiger partial charge in [-0.05, 0) is 48.5 Å². The number of rotatable bonds is 4. The fourth-order valence-electron chi connectivity index (χ4n) is 2.11. The Morgan fingerprint density at radius 1 is 1.00 bits per heavy atom. The van der Waals surface area contributed by atoms with E-state index >= 15 is 0 Å². The Morgan fingerprint density at radius 2 is 1.75 bits per heavy atom. The number of amides is 1. The number of benzene rings is 2. The number of para-hydroxylation sites is 1. The highest BCUT2D eigenvalue weighted by atomic mass is 79.9. The van der Waals surface area contributed by atoms with Crippen LogP contribution in [0.3, 0.4) is 0 Å². The third kappa shape index (κ3) is 3.93. The van der Waals surface area contributed by atoms with Gasteiger partial charge in [0.15, 0.2) is 0 Å². The first-order valence-corrected chi connectivity index (χ1v) is 8.34. The molecular weight excluding hydrogens is 390 g/mol. The van der Waals surface area contributed by atoms with Gasteiger partial charge in [0.2, 0.25) is 0 Å². The molecule has 0 fully saturated rings. The zero-order valence-corrected chi connectivity index (χ0v) is 14.8. The first-order chi connectivity index (χ1) is 11.6. The fourth-order valence-corrected chi connectivity index (χ4v) is 2.56. The van der Waals surface area contributed by atoms with Gasteiger partial charge in [0.1, 0.15) is 5.82 Å². The van der Waals surface area contributed by atoms with Crippen molar-refractivity contribution in [3.63, 3.8) is 0 Å². The van der Waals surface area contributed by atoms with E-state index < -0.39 is 0 Å². The lowest BCUT2D eigenvalue weighted by atomic mass is 10.2. The second kappa shape index (κ2) is 7.47. The van der Waals surface area contributed by atoms with Gasteiger partial charge in [-0.15, -0.1) is 0 Å². The highest BCUT2D eigenvalue weighted by molar-refractivity contribution is 9.10. The molecule has 1 amide bonds. The molecule has 0 radical (unpaired) electrons. The molecule has 4 nitrogen and oxygen atoms in total. The Kier molecular flexibility index (Phi) is 5.13. The number of hydrogen-bond acceptors (Lipinski definition) is 3. The highest BCUT2D eigenvalue weighted by Crippen LogP contribution is 2.24. The molecule has 24 heavy (non-hydrogen) atoms. The van der Waals surface area contributed by atoms with Crippen LogP contribution in [0.25, 0.3) is 0 Å². The van der Waals surface area contributed by atoms with E-state index in [9.17, 15) is 4.79 Å². The van der Waals surface area contributed by atoms with Crippen molar-refractivity contribution in [2.45, 2.75) is 0 Å². The number of nitrogens with zero attached hydrogens (tertiary/aromatic N) is 1. The van der Waals surface area contributed by atoms with Crippen LogP contribution in [-0.2, 0) is 0 Å². The molecule has 2 aromatic carbocycles. The smallest absolute Gasteiger partial charge is 0.259 e. The van der Waals surface area contributed by atoms with Crippen LogP contribution in [0.1, 0.15) is 10.4 Å². The Morgan fingerprint density at radius 3 is 2.50 bits per heavy atom. The van der Waals surface area contributed by atoms with Crippen LogP contribution < -0.4 is 10.6 Å². The molecule has 0 atom stereocenters. The number of pyridine rings is 1. The van der Waals surface area contributed by atoms with Crippen molar-refractivity contribution < 1.29 is 4.79 Å². The van der Waals surface area contributed by atoms with Crippen molar-refractivity contribution in [2.75, 3.05) is 10.6 Å². The van der Waals surface area contributed by atoms with Crippen LogP contribution in [0.15, 0.2) is 71.3 Å². The molecule has 0 saturated carbocycles. The number of carbonyl (C=O) groups is 1. The minimum absolute atomic E-state index is 0.282. The second-order valence-corrected chi connectivity index (χ2v) is 6.29. The van der Waals surface area contributed by atoms with Gasteiger partial charge < -0.3 is 10.6 Å². The highest BCUT2D eigenvalue weighted by Gasteiger charge is 2.14. The molecule has 1 heterocycles. The van der Waals surface area contributed by atoms with Gasteiger partial charge in [0, 0.05) is 16.4 Å². The van der Waals surface area contributed by atoms with Crippen LogP contribution in [0.5, 0.6) is 0 Å². The molecule has 0 aliphatic rings. The fraction of sp³-hybridized carbons (Fsp3) is 0. The van der Waals surface area contributed by atoms with E-state index in [1.54, 1.807) is 30.5 Å². The van der Waals surface area contributed by atoms with Crippen LogP contribution in [-0.4, -0.2) is 10.9 Å². The summed E-state index contributed by atoms with van der Waals surface area (Å²) in [6.07, 6.45) is 1.63. The minimum atomic E-state index is -0.282. The zero-order valence-electron chi connectivity index (χ0n) is 12.5. The summed E-state index contributed by atoms with van der Waals surface area (Å²) in [6.45, 7) is 0. The SMILES string of the molecule is O=C(Nc1ccccc1Cl)c1cccnc1Nc1ccc(Br)cc1. The Balaban J connectivity index is 1.84. The van der Waals surface area contributed by atoms with Crippen molar-refractivity contribution >= 4 is 50.6 Å². The molecular formula is C18H13BrClN3O. The van der Waals surface area contributed by atoms with E-state index in [0.717, 1.165) is 10.2 Å². The van der Waals surface area contributed by atoms with E-state index in [-0.39, 0.29) is 5.91 Å². The lowest BCUT2D eigenvalue weighted by Crippen LogP contribution is -2.14. The number of hydrogen-bond donors (Lipinski definition) is 2. The van der Waals surface area contributed by atoms with Crippen molar-refractivity contribution in [1.82, 2.24) is 4.98 Å². The normalized spacial score (nSPS) is 10.2. The van der Waals surface area contributed by atoms with Gasteiger partial charge in [0.05, 0.1) is 16.3 Å². The molecule has 3 aromatic rings. The Bertz CT molecular complexity index is 868. The first-order valence-electron chi connectivity index (χ1n) is 7.17. The summed E-state index contributed by atoms with van der Waals surface area (Å²) in [7, 11) is 0. The lowest BCUT2D eigenvalue weighted by Gasteiger charge is -2.12. The third-order valence-electron chi connectivity index (χ3n) is 3.28. The molecule has 120 valence electrons. The monoisotopic (exact) mass is 401 g/mol. The molecule has 0 aliphatic carbocycles. The standard InChI is InChI=1S/C18H13BrClN3O/c19-12-7-9-13(10-8-12)22-17-14(4-3-11-21-17)18(24)23-16-6-2-1-5-15(16)20/h1-11H,(H,21,22)(H,23,24). The summed E-state index contributed by atoms with van der Waals surface area (Å²) in [4.78, 5) is 16.8. The van der Waals surface area contributed by atoms with Crippen molar-refractivity contribution in [2.24, 2.45) is 0 Å². The molecule has 0 unspecified atom stereocenters. The van der Waals surface area contributed by atoms with Crippen LogP contribution in [0.2, 0.25) is 5.02 Å². The van der Waals surface area contributed by atoms with E-state index in [0.29, 0.717) is 22.1 Å². The number of anilines is 3. The molecule has 3 rings (SSSR count). The third-order valence-corrected chi connectivity index (χ3v) is 4.14. The van der Waals surface area contributed by atoms with Crippen molar-refractivity contribution in [3.05, 3.63) is 81.9 Å². The van der Waals surface area contributed by atoms with Crippen molar-refractivity contribution in [3.8, 4) is 0 Å². The second-order valence-electron chi connectivity index (χ2n) is 4.97. The first kappa shape index (κ1) is 16.5. The maximum absolute atomic E-state index is 12.6. The predicted octanol–water partition coefficient (Wildman–Crippen LogP) is 5.49. The Labute approximate surface area is 153 Å². The summed E-state index contributed by atoms with van der Waals surface area (Å²) in [5.74, 6) is 0.195. The van der Waals surface area contributed by atoms with Gasteiger partial charge in [-0.1, -0.05) is 39.7 Å². The number of halogens is 2. The van der Waals surface area contributed by atoms with E-state index in [1.807, 2.05) is 36.4 Å².